The number of rotatable bonds is 1. The summed E-state index contributed by atoms with van der Waals surface area (Å²) in [7, 11) is 0. The van der Waals surface area contributed by atoms with E-state index in [0.717, 1.165) is 36.6 Å². The molecule has 1 aromatic heterocycles. The molecule has 2 aromatic rings. The predicted octanol–water partition coefficient (Wildman–Crippen LogP) is 1.61. The lowest BCUT2D eigenvalue weighted by Crippen LogP contribution is -1.97. The highest BCUT2D eigenvalue weighted by Gasteiger charge is 2.18. The van der Waals surface area contributed by atoms with E-state index in [4.69, 9.17) is 5.73 Å². The van der Waals surface area contributed by atoms with Crippen LogP contribution in [0.25, 0.3) is 11.4 Å². The van der Waals surface area contributed by atoms with Crippen molar-refractivity contribution in [1.82, 2.24) is 14.8 Å². The van der Waals surface area contributed by atoms with Crippen LogP contribution in [0, 0.1) is 5.82 Å². The molecule has 0 fully saturated rings. The van der Waals surface area contributed by atoms with Gasteiger partial charge in [-0.05, 0) is 24.6 Å². The van der Waals surface area contributed by atoms with E-state index in [2.05, 4.69) is 10.2 Å². The fraction of sp³-hybridized carbons (Fsp3) is 0.273. The predicted molar refractivity (Wildman–Crippen MR) is 58.1 cm³/mol. The van der Waals surface area contributed by atoms with Crippen LogP contribution < -0.4 is 5.73 Å². The van der Waals surface area contributed by atoms with Crippen LogP contribution >= 0.6 is 0 Å². The van der Waals surface area contributed by atoms with Crippen LogP contribution in [0.1, 0.15) is 12.2 Å². The topological polar surface area (TPSA) is 56.7 Å². The minimum absolute atomic E-state index is 0.157. The second-order valence-corrected chi connectivity index (χ2v) is 3.93. The zero-order valence-electron chi connectivity index (χ0n) is 8.65. The van der Waals surface area contributed by atoms with Crippen molar-refractivity contribution in [3.8, 4) is 11.4 Å². The summed E-state index contributed by atoms with van der Waals surface area (Å²) in [4.78, 5) is 0. The molecule has 2 N–H and O–H groups in total. The zero-order chi connectivity index (χ0) is 11.1. The first-order valence-corrected chi connectivity index (χ1v) is 5.23. The minimum atomic E-state index is -0.409. The summed E-state index contributed by atoms with van der Waals surface area (Å²) in [6, 6.07) is 4.74. The Morgan fingerprint density at radius 3 is 3.00 bits per heavy atom. The molecule has 0 saturated heterocycles. The smallest absolute Gasteiger partial charge is 0.164 e. The molecule has 3 rings (SSSR count). The maximum absolute atomic E-state index is 13.3. The molecule has 16 heavy (non-hydrogen) atoms. The van der Waals surface area contributed by atoms with Gasteiger partial charge in [-0.2, -0.15) is 0 Å². The van der Waals surface area contributed by atoms with Crippen molar-refractivity contribution in [2.45, 2.75) is 19.4 Å². The lowest BCUT2D eigenvalue weighted by atomic mass is 10.2. The normalized spacial score (nSPS) is 14.1. The summed E-state index contributed by atoms with van der Waals surface area (Å²) in [6.45, 7) is 0.906. The van der Waals surface area contributed by atoms with Crippen molar-refractivity contribution in [2.75, 3.05) is 5.73 Å². The van der Waals surface area contributed by atoms with E-state index in [0.29, 0.717) is 0 Å². The second-order valence-electron chi connectivity index (χ2n) is 3.93. The van der Waals surface area contributed by atoms with Crippen molar-refractivity contribution in [3.05, 3.63) is 29.8 Å². The lowest BCUT2D eigenvalue weighted by molar-refractivity contribution is 0.632. The Kier molecular flexibility index (Phi) is 1.92. The second kappa shape index (κ2) is 3.30. The molecule has 0 atom stereocenters. The van der Waals surface area contributed by atoms with Crippen molar-refractivity contribution in [3.63, 3.8) is 0 Å². The van der Waals surface area contributed by atoms with Gasteiger partial charge in [0.05, 0.1) is 5.69 Å². The Morgan fingerprint density at radius 1 is 1.31 bits per heavy atom. The van der Waals surface area contributed by atoms with Gasteiger partial charge < -0.3 is 10.3 Å². The SMILES string of the molecule is Nc1ccc(-c2nnc3n2CCC3)cc1F. The minimum Gasteiger partial charge on any atom is -0.396 e. The highest BCUT2D eigenvalue weighted by molar-refractivity contribution is 5.59. The molecule has 0 unspecified atom stereocenters. The van der Waals surface area contributed by atoms with E-state index in [1.165, 1.54) is 6.07 Å². The summed E-state index contributed by atoms with van der Waals surface area (Å²) in [6.07, 6.45) is 2.03. The molecule has 0 bridgehead atoms. The number of aromatic nitrogens is 3. The molecule has 5 heteroatoms. The van der Waals surface area contributed by atoms with Crippen molar-refractivity contribution in [2.24, 2.45) is 0 Å². The Morgan fingerprint density at radius 2 is 2.19 bits per heavy atom. The van der Waals surface area contributed by atoms with Crippen LogP contribution in [0.5, 0.6) is 0 Å². The number of halogens is 1. The van der Waals surface area contributed by atoms with Gasteiger partial charge in [-0.1, -0.05) is 0 Å². The van der Waals surface area contributed by atoms with Crippen molar-refractivity contribution in [1.29, 1.82) is 0 Å². The fourth-order valence-electron chi connectivity index (χ4n) is 2.03. The summed E-state index contributed by atoms with van der Waals surface area (Å²) in [5.74, 6) is 1.30. The van der Waals surface area contributed by atoms with Gasteiger partial charge in [-0.15, -0.1) is 10.2 Å². The average molecular weight is 218 g/mol. The molecular weight excluding hydrogens is 207 g/mol. The molecule has 1 aromatic carbocycles. The molecule has 0 saturated carbocycles. The van der Waals surface area contributed by atoms with E-state index in [-0.39, 0.29) is 5.69 Å². The van der Waals surface area contributed by atoms with Crippen LogP contribution in [0.2, 0.25) is 0 Å². The van der Waals surface area contributed by atoms with Gasteiger partial charge in [0.1, 0.15) is 11.6 Å². The van der Waals surface area contributed by atoms with E-state index < -0.39 is 5.82 Å². The van der Waals surface area contributed by atoms with Crippen LogP contribution in [0.4, 0.5) is 10.1 Å². The van der Waals surface area contributed by atoms with Gasteiger partial charge in [0.15, 0.2) is 5.82 Å². The van der Waals surface area contributed by atoms with Crippen LogP contribution in [-0.2, 0) is 13.0 Å². The Hall–Kier alpha value is -1.91. The fourth-order valence-corrected chi connectivity index (χ4v) is 2.03. The number of nitrogen functional groups attached to an aromatic ring is 1. The quantitative estimate of drug-likeness (QED) is 0.740. The number of hydrogen-bond acceptors (Lipinski definition) is 3. The maximum atomic E-state index is 13.3. The number of aryl methyl sites for hydroxylation is 1. The van der Waals surface area contributed by atoms with Gasteiger partial charge in [0, 0.05) is 18.5 Å². The zero-order valence-corrected chi connectivity index (χ0v) is 8.65. The standard InChI is InChI=1S/C11H11FN4/c12-8-6-7(3-4-9(8)13)11-15-14-10-2-1-5-16(10)11/h3-4,6H,1-2,5,13H2. The molecule has 1 aliphatic rings. The summed E-state index contributed by atoms with van der Waals surface area (Å²) in [5, 5.41) is 8.17. The first-order chi connectivity index (χ1) is 7.75. The van der Waals surface area contributed by atoms with Gasteiger partial charge in [0.2, 0.25) is 0 Å². The highest BCUT2D eigenvalue weighted by Crippen LogP contribution is 2.25. The summed E-state index contributed by atoms with van der Waals surface area (Å²) in [5.41, 5.74) is 6.32. The van der Waals surface area contributed by atoms with E-state index in [9.17, 15) is 4.39 Å². The number of benzene rings is 1. The Balaban J connectivity index is 2.11. The largest absolute Gasteiger partial charge is 0.396 e. The molecule has 0 amide bonds. The highest BCUT2D eigenvalue weighted by atomic mass is 19.1. The summed E-state index contributed by atoms with van der Waals surface area (Å²) >= 11 is 0. The van der Waals surface area contributed by atoms with E-state index in [1.807, 2.05) is 4.57 Å². The lowest BCUT2D eigenvalue weighted by Gasteiger charge is -2.04. The van der Waals surface area contributed by atoms with Crippen LogP contribution in [0.3, 0.4) is 0 Å². The molecule has 82 valence electrons. The van der Waals surface area contributed by atoms with Crippen molar-refractivity contribution >= 4 is 5.69 Å². The number of nitrogens with two attached hydrogens (primary N) is 1. The van der Waals surface area contributed by atoms with Crippen molar-refractivity contribution < 1.29 is 4.39 Å². The molecule has 2 heterocycles. The van der Waals surface area contributed by atoms with Gasteiger partial charge >= 0.3 is 0 Å². The number of nitrogens with zero attached hydrogens (tertiary/aromatic N) is 3. The third kappa shape index (κ3) is 1.28. The number of anilines is 1. The van der Waals surface area contributed by atoms with Gasteiger partial charge in [0.25, 0.3) is 0 Å². The van der Waals surface area contributed by atoms with Gasteiger partial charge in [-0.25, -0.2) is 4.39 Å². The van der Waals surface area contributed by atoms with E-state index in [1.54, 1.807) is 12.1 Å². The summed E-state index contributed by atoms with van der Waals surface area (Å²) < 4.78 is 15.4. The maximum Gasteiger partial charge on any atom is 0.164 e. The first-order valence-electron chi connectivity index (χ1n) is 5.23. The van der Waals surface area contributed by atoms with Crippen LogP contribution in [0.15, 0.2) is 18.2 Å². The monoisotopic (exact) mass is 218 g/mol. The molecule has 0 aliphatic carbocycles. The van der Waals surface area contributed by atoms with Gasteiger partial charge in [-0.3, -0.25) is 0 Å². The molecule has 1 aliphatic heterocycles. The number of hydrogen-bond donors (Lipinski definition) is 1. The van der Waals surface area contributed by atoms with Crippen LogP contribution in [-0.4, -0.2) is 14.8 Å². The van der Waals surface area contributed by atoms with E-state index >= 15 is 0 Å². The average Bonchev–Trinajstić information content (AvgIpc) is 2.83. The third-order valence-corrected chi connectivity index (χ3v) is 2.87. The number of fused-ring (bicyclic) bond motifs is 1. The molecule has 0 radical (unpaired) electrons. The molecule has 4 nitrogen and oxygen atoms in total. The molecule has 0 spiro atoms. The Labute approximate surface area is 91.9 Å². The molecular formula is C11H11FN4. The third-order valence-electron chi connectivity index (χ3n) is 2.87. The Bertz CT molecular complexity index is 547. The first kappa shape index (κ1) is 9.33.